The Morgan fingerprint density at radius 2 is 2.00 bits per heavy atom. The van der Waals surface area contributed by atoms with Crippen molar-refractivity contribution in [3.05, 3.63) is 29.8 Å². The molecule has 3 heteroatoms. The molecule has 0 aromatic heterocycles. The third-order valence-electron chi connectivity index (χ3n) is 3.66. The van der Waals surface area contributed by atoms with Crippen molar-refractivity contribution in [2.24, 2.45) is 0 Å². The number of methoxy groups -OCH3 is 1. The minimum absolute atomic E-state index is 0.124. The molecule has 0 amide bonds. The van der Waals surface area contributed by atoms with Crippen molar-refractivity contribution in [2.75, 3.05) is 7.11 Å². The lowest BCUT2D eigenvalue weighted by Crippen LogP contribution is -2.51. The van der Waals surface area contributed by atoms with E-state index in [2.05, 4.69) is 26.0 Å². The number of ketones is 1. The van der Waals surface area contributed by atoms with Crippen LogP contribution < -0.4 is 4.74 Å². The van der Waals surface area contributed by atoms with Crippen molar-refractivity contribution >= 4 is 5.78 Å². The molecule has 3 atom stereocenters. The molecule has 1 fully saturated rings. The largest absolute Gasteiger partial charge is 0.487 e. The van der Waals surface area contributed by atoms with Gasteiger partial charge in [-0.3, -0.25) is 4.79 Å². The highest BCUT2D eigenvalue weighted by Crippen LogP contribution is 2.27. The van der Waals surface area contributed by atoms with Crippen molar-refractivity contribution in [2.45, 2.75) is 44.8 Å². The van der Waals surface area contributed by atoms with E-state index in [1.807, 2.05) is 12.1 Å². The van der Waals surface area contributed by atoms with Gasteiger partial charge in [0.05, 0.1) is 0 Å². The first-order valence-corrected chi connectivity index (χ1v) is 6.47. The highest BCUT2D eigenvalue weighted by molar-refractivity contribution is 5.90. The molecule has 0 radical (unpaired) electrons. The van der Waals surface area contributed by atoms with Crippen LogP contribution in [-0.4, -0.2) is 25.1 Å². The van der Waals surface area contributed by atoms with Gasteiger partial charge in [-0.15, -0.1) is 0 Å². The molecule has 1 aromatic rings. The van der Waals surface area contributed by atoms with Crippen molar-refractivity contribution in [1.82, 2.24) is 0 Å². The van der Waals surface area contributed by atoms with Crippen molar-refractivity contribution in [1.29, 1.82) is 0 Å². The highest BCUT2D eigenvalue weighted by atomic mass is 16.5. The molecule has 1 aliphatic carbocycles. The maximum atomic E-state index is 11.2. The van der Waals surface area contributed by atoms with E-state index in [4.69, 9.17) is 9.47 Å². The van der Waals surface area contributed by atoms with E-state index in [-0.39, 0.29) is 18.0 Å². The molecule has 0 aliphatic heterocycles. The summed E-state index contributed by atoms with van der Waals surface area (Å²) in [5.74, 6) is 1.50. The van der Waals surface area contributed by atoms with E-state index in [9.17, 15) is 4.79 Å². The minimum Gasteiger partial charge on any atom is -0.487 e. The molecular formula is C15H20O3. The fraction of sp³-hybridized carbons (Fsp3) is 0.533. The molecule has 1 aliphatic rings. The zero-order valence-electron chi connectivity index (χ0n) is 11.2. The fourth-order valence-corrected chi connectivity index (χ4v) is 2.14. The maximum absolute atomic E-state index is 11.2. The van der Waals surface area contributed by atoms with E-state index in [1.165, 1.54) is 5.56 Å². The van der Waals surface area contributed by atoms with Crippen LogP contribution in [0.5, 0.6) is 5.75 Å². The summed E-state index contributed by atoms with van der Waals surface area (Å²) in [6.45, 7) is 4.39. The number of hydrogen-bond acceptors (Lipinski definition) is 3. The molecule has 0 spiro atoms. The summed E-state index contributed by atoms with van der Waals surface area (Å²) < 4.78 is 10.8. The summed E-state index contributed by atoms with van der Waals surface area (Å²) in [7, 11) is 1.55. The number of carbonyl (C=O) groups excluding carboxylic acids is 1. The Balaban J connectivity index is 1.97. The van der Waals surface area contributed by atoms with Gasteiger partial charge in [-0.1, -0.05) is 26.0 Å². The molecule has 1 aromatic carbocycles. The fourth-order valence-electron chi connectivity index (χ4n) is 2.14. The van der Waals surface area contributed by atoms with E-state index in [1.54, 1.807) is 7.11 Å². The molecule has 1 saturated carbocycles. The third kappa shape index (κ3) is 2.56. The van der Waals surface area contributed by atoms with Gasteiger partial charge in [0.1, 0.15) is 11.9 Å². The highest BCUT2D eigenvalue weighted by Gasteiger charge is 2.41. The predicted molar refractivity (Wildman–Crippen MR) is 70.0 cm³/mol. The van der Waals surface area contributed by atoms with Crippen LogP contribution in [0.4, 0.5) is 0 Å². The van der Waals surface area contributed by atoms with Gasteiger partial charge in [-0.25, -0.2) is 0 Å². The second-order valence-corrected chi connectivity index (χ2v) is 4.86. The van der Waals surface area contributed by atoms with Crippen LogP contribution in [0.25, 0.3) is 0 Å². The van der Waals surface area contributed by atoms with Crippen LogP contribution in [0.15, 0.2) is 24.3 Å². The SMILES string of the molecule is CCC(C)c1ccc(OC2CC(=O)C2OC)cc1. The lowest BCUT2D eigenvalue weighted by atomic mass is 9.90. The molecule has 0 bridgehead atoms. The van der Waals surface area contributed by atoms with Gasteiger partial charge >= 0.3 is 0 Å². The average molecular weight is 248 g/mol. The number of carbonyl (C=O) groups is 1. The number of ether oxygens (including phenoxy) is 2. The zero-order chi connectivity index (χ0) is 13.1. The average Bonchev–Trinajstić information content (AvgIpc) is 2.38. The summed E-state index contributed by atoms with van der Waals surface area (Å²) in [6, 6.07) is 8.12. The van der Waals surface area contributed by atoms with Gasteiger partial charge in [0.15, 0.2) is 11.9 Å². The molecule has 0 heterocycles. The summed E-state index contributed by atoms with van der Waals surface area (Å²) in [5.41, 5.74) is 1.32. The second kappa shape index (κ2) is 5.53. The summed E-state index contributed by atoms with van der Waals surface area (Å²) in [4.78, 5) is 11.2. The molecule has 2 rings (SSSR count). The van der Waals surface area contributed by atoms with Gasteiger partial charge in [-0.05, 0) is 30.0 Å². The second-order valence-electron chi connectivity index (χ2n) is 4.86. The normalized spacial score (nSPS) is 24.5. The van der Waals surface area contributed by atoms with Crippen LogP contribution in [0.3, 0.4) is 0 Å². The quantitative estimate of drug-likeness (QED) is 0.803. The Morgan fingerprint density at radius 1 is 1.33 bits per heavy atom. The Kier molecular flexibility index (Phi) is 4.02. The number of hydrogen-bond donors (Lipinski definition) is 0. The van der Waals surface area contributed by atoms with Crippen LogP contribution in [0.1, 0.15) is 38.2 Å². The topological polar surface area (TPSA) is 35.5 Å². The maximum Gasteiger partial charge on any atom is 0.169 e. The number of Topliss-reactive ketones (excluding diaryl/α,β-unsaturated/α-hetero) is 1. The van der Waals surface area contributed by atoms with Crippen LogP contribution in [0.2, 0.25) is 0 Å². The van der Waals surface area contributed by atoms with Crippen molar-refractivity contribution < 1.29 is 14.3 Å². The molecule has 0 saturated heterocycles. The van der Waals surface area contributed by atoms with E-state index < -0.39 is 0 Å². The third-order valence-corrected chi connectivity index (χ3v) is 3.66. The van der Waals surface area contributed by atoms with Gasteiger partial charge in [-0.2, -0.15) is 0 Å². The Morgan fingerprint density at radius 3 is 2.50 bits per heavy atom. The zero-order valence-corrected chi connectivity index (χ0v) is 11.2. The van der Waals surface area contributed by atoms with Gasteiger partial charge in [0.2, 0.25) is 0 Å². The lowest BCUT2D eigenvalue weighted by Gasteiger charge is -2.33. The standard InChI is InChI=1S/C15H20O3/c1-4-10(2)11-5-7-12(8-6-11)18-14-9-13(16)15(14)17-3/h5-8,10,14-15H,4,9H2,1-3H3. The first-order chi connectivity index (χ1) is 8.65. The molecule has 3 unspecified atom stereocenters. The van der Waals surface area contributed by atoms with E-state index >= 15 is 0 Å². The predicted octanol–water partition coefficient (Wildman–Crippen LogP) is 2.94. The molecule has 0 N–H and O–H groups in total. The molecule has 3 nitrogen and oxygen atoms in total. The van der Waals surface area contributed by atoms with E-state index in [0.717, 1.165) is 12.2 Å². The Bertz CT molecular complexity index is 410. The first-order valence-electron chi connectivity index (χ1n) is 6.47. The van der Waals surface area contributed by atoms with Crippen LogP contribution >= 0.6 is 0 Å². The monoisotopic (exact) mass is 248 g/mol. The van der Waals surface area contributed by atoms with Crippen LogP contribution in [-0.2, 0) is 9.53 Å². The van der Waals surface area contributed by atoms with Gasteiger partial charge < -0.3 is 9.47 Å². The number of benzene rings is 1. The first kappa shape index (κ1) is 13.1. The Labute approximate surface area is 108 Å². The molecule has 18 heavy (non-hydrogen) atoms. The lowest BCUT2D eigenvalue weighted by molar-refractivity contribution is -0.150. The summed E-state index contributed by atoms with van der Waals surface area (Å²) in [6.07, 6.45) is 1.06. The smallest absolute Gasteiger partial charge is 0.169 e. The van der Waals surface area contributed by atoms with Crippen molar-refractivity contribution in [3.8, 4) is 5.75 Å². The van der Waals surface area contributed by atoms with Gasteiger partial charge in [0.25, 0.3) is 0 Å². The number of rotatable bonds is 5. The summed E-state index contributed by atoms with van der Waals surface area (Å²) in [5, 5.41) is 0. The Hall–Kier alpha value is -1.35. The molecular weight excluding hydrogens is 228 g/mol. The molecule has 98 valence electrons. The summed E-state index contributed by atoms with van der Waals surface area (Å²) >= 11 is 0. The van der Waals surface area contributed by atoms with Crippen LogP contribution in [0, 0.1) is 0 Å². The van der Waals surface area contributed by atoms with Crippen molar-refractivity contribution in [3.63, 3.8) is 0 Å². The minimum atomic E-state index is -0.390. The van der Waals surface area contributed by atoms with E-state index in [0.29, 0.717) is 12.3 Å². The van der Waals surface area contributed by atoms with Gasteiger partial charge in [0, 0.05) is 13.5 Å².